The molecule has 1 N–H and O–H groups in total. The smallest absolute Gasteiger partial charge is 0.276 e. The number of carbonyl (C=O) groups is 2. The van der Waals surface area contributed by atoms with Crippen molar-refractivity contribution < 1.29 is 14.0 Å². The van der Waals surface area contributed by atoms with Crippen LogP contribution in [0, 0.1) is 12.7 Å². The Morgan fingerprint density at radius 1 is 1.05 bits per heavy atom. The molecule has 0 radical (unpaired) electrons. The van der Waals surface area contributed by atoms with E-state index >= 15 is 0 Å². The van der Waals surface area contributed by atoms with Crippen LogP contribution >= 0.6 is 11.3 Å². The average Bonchev–Trinajstić information content (AvgIpc) is 3.59. The second kappa shape index (κ2) is 10.0. The van der Waals surface area contributed by atoms with Crippen LogP contribution in [0.1, 0.15) is 55.9 Å². The second-order valence-corrected chi connectivity index (χ2v) is 11.3. The van der Waals surface area contributed by atoms with Crippen molar-refractivity contribution in [2.45, 2.75) is 32.1 Å². The highest BCUT2D eigenvalue weighted by Crippen LogP contribution is 2.42. The Kier molecular flexibility index (Phi) is 6.19. The van der Waals surface area contributed by atoms with Crippen LogP contribution in [0.15, 0.2) is 73.1 Å². The lowest BCUT2D eigenvalue weighted by Crippen LogP contribution is -2.33. The summed E-state index contributed by atoms with van der Waals surface area (Å²) in [7, 11) is 0. The number of carbonyl (C=O) groups excluding carboxylic acids is 2. The number of amides is 2. The molecule has 0 unspecified atom stereocenters. The van der Waals surface area contributed by atoms with Gasteiger partial charge in [0.05, 0.1) is 16.3 Å². The number of fused-ring (bicyclic) bond motifs is 3. The molecular formula is C31H25FN6O2S. The van der Waals surface area contributed by atoms with E-state index in [4.69, 9.17) is 4.98 Å². The first-order chi connectivity index (χ1) is 20.0. The van der Waals surface area contributed by atoms with Crippen LogP contribution in [0.2, 0.25) is 0 Å². The van der Waals surface area contributed by atoms with E-state index in [1.54, 1.807) is 36.4 Å². The van der Waals surface area contributed by atoms with E-state index < -0.39 is 5.82 Å². The van der Waals surface area contributed by atoms with Gasteiger partial charge in [-0.1, -0.05) is 36.4 Å². The van der Waals surface area contributed by atoms with E-state index in [0.29, 0.717) is 40.8 Å². The molecule has 3 aromatic heterocycles. The van der Waals surface area contributed by atoms with Gasteiger partial charge in [-0.2, -0.15) is 0 Å². The standard InChI is InChI=1S/C31H25FN6O2S/c1-18-6-4-8-22(32)27(18)35-30(39)25-16-20-14-15-37(24-10-3-2-7-21(24)28(20)41-25)31(40)23-9-5-11-26(34-23)38-17-33-36-29(38)19-12-13-19/h2-11,16-17,19H,12-15H2,1H3,(H,35,39). The van der Waals surface area contributed by atoms with Crippen LogP contribution in [-0.2, 0) is 6.42 Å². The monoisotopic (exact) mass is 564 g/mol. The van der Waals surface area contributed by atoms with Gasteiger partial charge in [-0.05, 0) is 67.6 Å². The van der Waals surface area contributed by atoms with Gasteiger partial charge < -0.3 is 10.2 Å². The third kappa shape index (κ3) is 4.59. The third-order valence-corrected chi connectivity index (χ3v) is 8.71. The van der Waals surface area contributed by atoms with Crippen molar-refractivity contribution >= 4 is 34.5 Å². The Balaban J connectivity index is 1.19. The molecule has 1 aliphatic carbocycles. The summed E-state index contributed by atoms with van der Waals surface area (Å²) < 4.78 is 16.2. The third-order valence-electron chi connectivity index (χ3n) is 7.50. The van der Waals surface area contributed by atoms with Crippen molar-refractivity contribution in [3.63, 3.8) is 0 Å². The number of nitrogens with one attached hydrogen (secondary N) is 1. The highest BCUT2D eigenvalue weighted by molar-refractivity contribution is 7.17. The molecule has 10 heteroatoms. The summed E-state index contributed by atoms with van der Waals surface area (Å²) >= 11 is 1.35. The van der Waals surface area contributed by atoms with E-state index in [-0.39, 0.29) is 17.5 Å². The molecule has 4 heterocycles. The van der Waals surface area contributed by atoms with Crippen molar-refractivity contribution in [3.8, 4) is 16.3 Å². The summed E-state index contributed by atoms with van der Waals surface area (Å²) in [5, 5.41) is 11.1. The number of aromatic nitrogens is 4. The number of hydrogen-bond donors (Lipinski definition) is 1. The minimum atomic E-state index is -0.471. The molecule has 7 rings (SSSR count). The average molecular weight is 565 g/mol. The van der Waals surface area contributed by atoms with E-state index in [1.165, 1.54) is 17.4 Å². The van der Waals surface area contributed by atoms with Gasteiger partial charge in [0.2, 0.25) is 0 Å². The maximum Gasteiger partial charge on any atom is 0.276 e. The Hall–Kier alpha value is -4.70. The normalized spacial score (nSPS) is 14.2. The zero-order chi connectivity index (χ0) is 28.1. The van der Waals surface area contributed by atoms with Crippen LogP contribution in [0.5, 0.6) is 0 Å². The lowest BCUT2D eigenvalue weighted by Gasteiger charge is -2.23. The predicted octanol–water partition coefficient (Wildman–Crippen LogP) is 6.17. The molecule has 0 saturated heterocycles. The lowest BCUT2D eigenvalue weighted by atomic mass is 10.1. The minimum absolute atomic E-state index is 0.184. The number of nitrogens with zero attached hydrogens (tertiary/aromatic N) is 5. The highest BCUT2D eigenvalue weighted by atomic mass is 32.1. The van der Waals surface area contributed by atoms with Crippen molar-refractivity contribution in [3.05, 3.63) is 106 Å². The quantitative estimate of drug-likeness (QED) is 0.276. The SMILES string of the molecule is Cc1cccc(F)c1NC(=O)c1cc2c(s1)-c1ccccc1N(C(=O)c1cccc(-n3cnnc3C3CC3)n1)CC2. The molecule has 8 nitrogen and oxygen atoms in total. The molecule has 1 saturated carbocycles. The summed E-state index contributed by atoms with van der Waals surface area (Å²) in [5.74, 6) is 0.840. The van der Waals surface area contributed by atoms with Gasteiger partial charge in [-0.25, -0.2) is 9.37 Å². The first-order valence-electron chi connectivity index (χ1n) is 13.5. The lowest BCUT2D eigenvalue weighted by molar-refractivity contribution is 0.0981. The molecule has 2 amide bonds. The molecule has 5 aromatic rings. The maximum absolute atomic E-state index is 14.4. The number of para-hydroxylation sites is 2. The van der Waals surface area contributed by atoms with Crippen LogP contribution in [0.25, 0.3) is 16.3 Å². The number of anilines is 2. The van der Waals surface area contributed by atoms with Crippen LogP contribution < -0.4 is 10.2 Å². The topological polar surface area (TPSA) is 93.0 Å². The van der Waals surface area contributed by atoms with Gasteiger partial charge in [0.1, 0.15) is 29.5 Å². The zero-order valence-corrected chi connectivity index (χ0v) is 23.0. The number of pyridine rings is 1. The number of hydrogen-bond acceptors (Lipinski definition) is 6. The summed E-state index contributed by atoms with van der Waals surface area (Å²) in [6.45, 7) is 2.17. The van der Waals surface area contributed by atoms with Gasteiger partial charge in [-0.3, -0.25) is 14.2 Å². The van der Waals surface area contributed by atoms with Crippen LogP contribution in [-0.4, -0.2) is 38.1 Å². The first kappa shape index (κ1) is 25.3. The largest absolute Gasteiger partial charge is 0.319 e. The Bertz CT molecular complexity index is 1800. The molecule has 0 spiro atoms. The van der Waals surface area contributed by atoms with Gasteiger partial charge in [0, 0.05) is 22.9 Å². The van der Waals surface area contributed by atoms with Gasteiger partial charge in [-0.15, -0.1) is 21.5 Å². The molecular weight excluding hydrogens is 539 g/mol. The number of halogens is 1. The summed E-state index contributed by atoms with van der Waals surface area (Å²) in [5.41, 5.74) is 3.76. The van der Waals surface area contributed by atoms with E-state index in [1.807, 2.05) is 47.0 Å². The van der Waals surface area contributed by atoms with Gasteiger partial charge in [0.25, 0.3) is 11.8 Å². The molecule has 0 bridgehead atoms. The molecule has 1 aliphatic heterocycles. The van der Waals surface area contributed by atoms with E-state index in [0.717, 1.165) is 40.4 Å². The predicted molar refractivity (Wildman–Crippen MR) is 155 cm³/mol. The van der Waals surface area contributed by atoms with Gasteiger partial charge >= 0.3 is 0 Å². The fourth-order valence-electron chi connectivity index (χ4n) is 5.24. The first-order valence-corrected chi connectivity index (χ1v) is 14.3. The minimum Gasteiger partial charge on any atom is -0.319 e. The molecule has 2 aliphatic rings. The molecule has 2 aromatic carbocycles. The zero-order valence-electron chi connectivity index (χ0n) is 22.2. The summed E-state index contributed by atoms with van der Waals surface area (Å²) in [6.07, 6.45) is 4.36. The van der Waals surface area contributed by atoms with Crippen LogP contribution in [0.3, 0.4) is 0 Å². The number of rotatable bonds is 5. The number of thiophene rings is 1. The molecule has 1 fully saturated rings. The molecule has 0 atom stereocenters. The fraction of sp³-hybridized carbons (Fsp3) is 0.194. The second-order valence-electron chi connectivity index (χ2n) is 10.3. The number of benzene rings is 2. The van der Waals surface area contributed by atoms with Crippen molar-refractivity contribution in [2.75, 3.05) is 16.8 Å². The van der Waals surface area contributed by atoms with E-state index in [2.05, 4.69) is 15.5 Å². The van der Waals surface area contributed by atoms with E-state index in [9.17, 15) is 14.0 Å². The van der Waals surface area contributed by atoms with Crippen molar-refractivity contribution in [1.29, 1.82) is 0 Å². The highest BCUT2D eigenvalue weighted by Gasteiger charge is 2.31. The number of aryl methyl sites for hydroxylation is 1. The van der Waals surface area contributed by atoms with Crippen molar-refractivity contribution in [2.24, 2.45) is 0 Å². The van der Waals surface area contributed by atoms with Crippen molar-refractivity contribution in [1.82, 2.24) is 19.7 Å². The molecule has 204 valence electrons. The Morgan fingerprint density at radius 2 is 1.88 bits per heavy atom. The van der Waals surface area contributed by atoms with Gasteiger partial charge in [0.15, 0.2) is 0 Å². The van der Waals surface area contributed by atoms with Crippen LogP contribution in [0.4, 0.5) is 15.8 Å². The summed E-state index contributed by atoms with van der Waals surface area (Å²) in [6, 6.07) is 19.7. The molecule has 41 heavy (non-hydrogen) atoms. The summed E-state index contributed by atoms with van der Waals surface area (Å²) in [4.78, 5) is 34.9. The Morgan fingerprint density at radius 3 is 2.71 bits per heavy atom. The fourth-order valence-corrected chi connectivity index (χ4v) is 6.38. The Labute approximate surface area is 239 Å². The maximum atomic E-state index is 14.4.